The zero-order chi connectivity index (χ0) is 16.3. The Morgan fingerprint density at radius 2 is 2.09 bits per heavy atom. The van der Waals surface area contributed by atoms with Crippen LogP contribution < -0.4 is 10.1 Å². The van der Waals surface area contributed by atoms with Crippen molar-refractivity contribution in [1.82, 2.24) is 5.32 Å². The first kappa shape index (κ1) is 16.3. The molecule has 126 valence electrons. The lowest BCUT2D eigenvalue weighted by atomic mass is 9.82. The lowest BCUT2D eigenvalue weighted by Gasteiger charge is -2.32. The van der Waals surface area contributed by atoms with Crippen molar-refractivity contribution in [3.05, 3.63) is 29.3 Å². The summed E-state index contributed by atoms with van der Waals surface area (Å²) < 4.78 is 11.7. The van der Waals surface area contributed by atoms with Crippen molar-refractivity contribution in [2.75, 3.05) is 13.2 Å². The number of benzene rings is 1. The molecule has 2 fully saturated rings. The second kappa shape index (κ2) is 6.91. The van der Waals surface area contributed by atoms with Gasteiger partial charge in [-0.3, -0.25) is 4.79 Å². The van der Waals surface area contributed by atoms with Crippen LogP contribution >= 0.6 is 0 Å². The molecule has 1 saturated carbocycles. The van der Waals surface area contributed by atoms with Crippen LogP contribution in [-0.2, 0) is 9.53 Å². The van der Waals surface area contributed by atoms with E-state index in [1.54, 1.807) is 0 Å². The molecule has 2 aliphatic rings. The van der Waals surface area contributed by atoms with Crippen LogP contribution in [0.3, 0.4) is 0 Å². The Morgan fingerprint density at radius 3 is 2.87 bits per heavy atom. The third-order valence-electron chi connectivity index (χ3n) is 5.25. The van der Waals surface area contributed by atoms with E-state index in [0.29, 0.717) is 6.61 Å². The van der Waals surface area contributed by atoms with Gasteiger partial charge in [-0.25, -0.2) is 0 Å². The van der Waals surface area contributed by atoms with Gasteiger partial charge in [0, 0.05) is 0 Å². The van der Waals surface area contributed by atoms with E-state index in [1.165, 1.54) is 24.8 Å². The molecule has 0 bridgehead atoms. The van der Waals surface area contributed by atoms with Gasteiger partial charge >= 0.3 is 0 Å². The Labute approximate surface area is 138 Å². The molecule has 4 nitrogen and oxygen atoms in total. The first-order chi connectivity index (χ1) is 11.1. The molecule has 1 aromatic carbocycles. The van der Waals surface area contributed by atoms with Crippen molar-refractivity contribution in [2.45, 2.75) is 64.0 Å². The number of amides is 1. The standard InChI is InChI=1S/C19H27NO3/c1-14-7-6-8-17(15(14)2)22-13-18(21)20-16-11-19(23-12-16)9-4-3-5-10-19/h6-8,16H,3-5,9-13H2,1-2H3,(H,20,21). The maximum atomic E-state index is 12.1. The van der Waals surface area contributed by atoms with E-state index in [0.717, 1.165) is 30.6 Å². The van der Waals surface area contributed by atoms with E-state index in [4.69, 9.17) is 9.47 Å². The fourth-order valence-electron chi connectivity index (χ4n) is 3.77. The number of hydrogen-bond acceptors (Lipinski definition) is 3. The molecule has 1 N–H and O–H groups in total. The van der Waals surface area contributed by atoms with Crippen LogP contribution in [0.4, 0.5) is 0 Å². The van der Waals surface area contributed by atoms with Crippen molar-refractivity contribution >= 4 is 5.91 Å². The fraction of sp³-hybridized carbons (Fsp3) is 0.632. The van der Waals surface area contributed by atoms with E-state index in [-0.39, 0.29) is 24.2 Å². The predicted molar refractivity (Wildman–Crippen MR) is 89.7 cm³/mol. The molecule has 1 unspecified atom stereocenters. The number of nitrogens with one attached hydrogen (secondary N) is 1. The van der Waals surface area contributed by atoms with Crippen LogP contribution in [0.25, 0.3) is 0 Å². The van der Waals surface area contributed by atoms with Crippen molar-refractivity contribution < 1.29 is 14.3 Å². The normalized spacial score (nSPS) is 23.0. The SMILES string of the molecule is Cc1cccc(OCC(=O)NC2COC3(CCCCC3)C2)c1C. The van der Waals surface area contributed by atoms with Crippen LogP contribution in [-0.4, -0.2) is 30.8 Å². The molecule has 0 radical (unpaired) electrons. The minimum Gasteiger partial charge on any atom is -0.483 e. The van der Waals surface area contributed by atoms with Crippen LogP contribution in [0.2, 0.25) is 0 Å². The van der Waals surface area contributed by atoms with E-state index >= 15 is 0 Å². The molecule has 3 rings (SSSR count). The number of aryl methyl sites for hydroxylation is 1. The molecule has 1 spiro atoms. The first-order valence-corrected chi connectivity index (χ1v) is 8.70. The Kier molecular flexibility index (Phi) is 4.90. The van der Waals surface area contributed by atoms with Crippen LogP contribution in [0.15, 0.2) is 18.2 Å². The fourth-order valence-corrected chi connectivity index (χ4v) is 3.77. The van der Waals surface area contributed by atoms with Crippen molar-refractivity contribution in [2.24, 2.45) is 0 Å². The molecule has 1 saturated heterocycles. The summed E-state index contributed by atoms with van der Waals surface area (Å²) in [6.45, 7) is 4.75. The average molecular weight is 317 g/mol. The average Bonchev–Trinajstić information content (AvgIpc) is 2.91. The van der Waals surface area contributed by atoms with Crippen LogP contribution in [0, 0.1) is 13.8 Å². The van der Waals surface area contributed by atoms with Gasteiger partial charge in [0.05, 0.1) is 18.2 Å². The Balaban J connectivity index is 1.47. The Bertz CT molecular complexity index is 564. The third-order valence-corrected chi connectivity index (χ3v) is 5.25. The molecule has 23 heavy (non-hydrogen) atoms. The van der Waals surface area contributed by atoms with Crippen molar-refractivity contribution in [3.8, 4) is 5.75 Å². The van der Waals surface area contributed by atoms with E-state index in [1.807, 2.05) is 32.0 Å². The largest absolute Gasteiger partial charge is 0.483 e. The van der Waals surface area contributed by atoms with Gasteiger partial charge in [-0.2, -0.15) is 0 Å². The van der Waals surface area contributed by atoms with Gasteiger partial charge in [0.1, 0.15) is 5.75 Å². The summed E-state index contributed by atoms with van der Waals surface area (Å²) in [4.78, 5) is 12.1. The lowest BCUT2D eigenvalue weighted by molar-refractivity contribution is -0.123. The van der Waals surface area contributed by atoms with Gasteiger partial charge in [0.25, 0.3) is 5.91 Å². The van der Waals surface area contributed by atoms with Gasteiger partial charge in [0.2, 0.25) is 0 Å². The predicted octanol–water partition coefficient (Wildman–Crippen LogP) is 3.29. The monoisotopic (exact) mass is 317 g/mol. The maximum Gasteiger partial charge on any atom is 0.258 e. The van der Waals surface area contributed by atoms with E-state index < -0.39 is 0 Å². The second-order valence-corrected chi connectivity index (χ2v) is 7.01. The smallest absolute Gasteiger partial charge is 0.258 e. The Morgan fingerprint density at radius 1 is 1.30 bits per heavy atom. The molecular formula is C19H27NO3. The summed E-state index contributed by atoms with van der Waals surface area (Å²) in [7, 11) is 0. The number of hydrogen-bond donors (Lipinski definition) is 1. The molecule has 1 aliphatic carbocycles. The highest BCUT2D eigenvalue weighted by Crippen LogP contribution is 2.39. The lowest BCUT2D eigenvalue weighted by Crippen LogP contribution is -2.39. The van der Waals surface area contributed by atoms with Gasteiger partial charge in [-0.05, 0) is 50.3 Å². The highest BCUT2D eigenvalue weighted by Gasteiger charge is 2.41. The first-order valence-electron chi connectivity index (χ1n) is 8.70. The molecule has 0 aromatic heterocycles. The maximum absolute atomic E-state index is 12.1. The van der Waals surface area contributed by atoms with Crippen molar-refractivity contribution in [3.63, 3.8) is 0 Å². The summed E-state index contributed by atoms with van der Waals surface area (Å²) in [6, 6.07) is 6.03. The minimum absolute atomic E-state index is 0.0319. The highest BCUT2D eigenvalue weighted by atomic mass is 16.5. The van der Waals surface area contributed by atoms with E-state index in [9.17, 15) is 4.79 Å². The van der Waals surface area contributed by atoms with Gasteiger partial charge in [0.15, 0.2) is 6.61 Å². The zero-order valence-electron chi connectivity index (χ0n) is 14.2. The highest BCUT2D eigenvalue weighted by molar-refractivity contribution is 5.78. The summed E-state index contributed by atoms with van der Waals surface area (Å²) in [5, 5.41) is 3.07. The number of rotatable bonds is 4. The summed E-state index contributed by atoms with van der Waals surface area (Å²) in [5.41, 5.74) is 2.29. The number of ether oxygens (including phenoxy) is 2. The van der Waals surface area contributed by atoms with Gasteiger partial charge in [-0.15, -0.1) is 0 Å². The summed E-state index contributed by atoms with van der Waals surface area (Å²) >= 11 is 0. The second-order valence-electron chi connectivity index (χ2n) is 7.01. The molecule has 1 aliphatic heterocycles. The molecule has 1 amide bonds. The molecule has 1 heterocycles. The molecular weight excluding hydrogens is 290 g/mol. The molecule has 4 heteroatoms. The summed E-state index contributed by atoms with van der Waals surface area (Å²) in [6.07, 6.45) is 7.03. The van der Waals surface area contributed by atoms with Crippen molar-refractivity contribution in [1.29, 1.82) is 0 Å². The van der Waals surface area contributed by atoms with E-state index in [2.05, 4.69) is 5.32 Å². The quantitative estimate of drug-likeness (QED) is 0.927. The molecule has 1 atom stereocenters. The Hall–Kier alpha value is -1.55. The topological polar surface area (TPSA) is 47.6 Å². The minimum atomic E-state index is -0.0626. The van der Waals surface area contributed by atoms with Gasteiger partial charge < -0.3 is 14.8 Å². The molecule has 1 aromatic rings. The number of carbonyl (C=O) groups is 1. The number of carbonyl (C=O) groups excluding carboxylic acids is 1. The third kappa shape index (κ3) is 3.86. The zero-order valence-corrected chi connectivity index (χ0v) is 14.2. The van der Waals surface area contributed by atoms with Crippen LogP contribution in [0.1, 0.15) is 49.7 Å². The van der Waals surface area contributed by atoms with Crippen LogP contribution in [0.5, 0.6) is 5.75 Å². The summed E-state index contributed by atoms with van der Waals surface area (Å²) in [5.74, 6) is 0.721. The van der Waals surface area contributed by atoms with Gasteiger partial charge in [-0.1, -0.05) is 31.4 Å².